The first-order chi connectivity index (χ1) is 35.4. The number of nitrogens with zero attached hydrogens (tertiary/aromatic N) is 1. The van der Waals surface area contributed by atoms with Crippen LogP contribution in [0.3, 0.4) is 0 Å². The van der Waals surface area contributed by atoms with Crippen LogP contribution in [0, 0.1) is 0 Å². The highest BCUT2D eigenvalue weighted by Crippen LogP contribution is 2.43. The third-order valence-electron chi connectivity index (χ3n) is 12.8. The van der Waals surface area contributed by atoms with Gasteiger partial charge < -0.3 is 19.4 Å². The number of hydrogen-bond donors (Lipinski definition) is 2. The molecule has 3 unspecified atom stereocenters. The largest absolute Gasteiger partial charge is 0.472 e. The standard InChI is InChI=1S/C63H113N2O7P/c1-7-10-13-16-19-22-25-27-29-31-32-34-36-38-41-44-47-50-53-56-63(67)72-61(54-51-48-45-42-39-24-21-18-15-12-9-3)60(59-71-73(68,69)70-58-57-65(4,5)6)64-62(66)55-52-49-46-43-40-37-35-33-30-28-26-23-20-17-14-11-8-2/h19-20,22-23,27-30,32,34,38,41,51,54,60-61H,7-18,21,24-26,31,33,35-37,39-40,42-50,52-53,55-59H2,1-6H3,(H-,64,66,68,69)/p+1/b22-19-,23-20-,29-27-,30-28-,34-32-,41-38-,54-51+. The van der Waals surface area contributed by atoms with Gasteiger partial charge in [0.1, 0.15) is 19.3 Å². The molecule has 0 aromatic carbocycles. The third kappa shape index (κ3) is 53.8. The monoisotopic (exact) mass is 1040 g/mol. The molecular weight excluding hydrogens is 928 g/mol. The Labute approximate surface area is 450 Å². The van der Waals surface area contributed by atoms with E-state index in [2.05, 4.69) is 99.0 Å². The fraction of sp³-hybridized carbons (Fsp3) is 0.746. The Hall–Kier alpha value is -2.81. The van der Waals surface area contributed by atoms with Gasteiger partial charge in [-0.2, -0.15) is 0 Å². The van der Waals surface area contributed by atoms with Crippen LogP contribution in [0.25, 0.3) is 0 Å². The van der Waals surface area contributed by atoms with E-state index < -0.39 is 20.0 Å². The van der Waals surface area contributed by atoms with Crippen LogP contribution in [0.1, 0.15) is 252 Å². The zero-order valence-electron chi connectivity index (χ0n) is 48.1. The molecular formula is C63H114N2O7P+. The first kappa shape index (κ1) is 70.2. The summed E-state index contributed by atoms with van der Waals surface area (Å²) in [5.74, 6) is -0.553. The molecule has 0 heterocycles. The highest BCUT2D eigenvalue weighted by Gasteiger charge is 2.30. The fourth-order valence-electron chi connectivity index (χ4n) is 8.13. The molecule has 0 aliphatic rings. The molecule has 0 spiro atoms. The van der Waals surface area contributed by atoms with E-state index >= 15 is 0 Å². The van der Waals surface area contributed by atoms with Gasteiger partial charge in [-0.3, -0.25) is 18.6 Å². The number of amides is 1. The van der Waals surface area contributed by atoms with Gasteiger partial charge in [-0.15, -0.1) is 0 Å². The minimum Gasteiger partial charge on any atom is -0.456 e. The molecule has 10 heteroatoms. The molecule has 0 bridgehead atoms. The van der Waals surface area contributed by atoms with Gasteiger partial charge in [0.2, 0.25) is 5.91 Å². The number of carbonyl (C=O) groups is 2. The van der Waals surface area contributed by atoms with Crippen LogP contribution in [0.5, 0.6) is 0 Å². The van der Waals surface area contributed by atoms with Crippen LogP contribution in [-0.2, 0) is 27.9 Å². The predicted octanol–water partition coefficient (Wildman–Crippen LogP) is 18.2. The van der Waals surface area contributed by atoms with Gasteiger partial charge in [0.15, 0.2) is 0 Å². The van der Waals surface area contributed by atoms with E-state index in [1.807, 2.05) is 33.3 Å². The van der Waals surface area contributed by atoms with E-state index in [1.54, 1.807) is 0 Å². The Morgan fingerprint density at radius 2 is 0.836 bits per heavy atom. The van der Waals surface area contributed by atoms with Crippen molar-refractivity contribution in [1.82, 2.24) is 5.32 Å². The summed E-state index contributed by atoms with van der Waals surface area (Å²) in [5, 5.41) is 3.04. The topological polar surface area (TPSA) is 111 Å². The number of likely N-dealkylation sites (N-methyl/N-ethyl adjacent to an activating group) is 1. The summed E-state index contributed by atoms with van der Waals surface area (Å²) in [7, 11) is 1.46. The quantitative estimate of drug-likeness (QED) is 0.0205. The molecule has 0 aromatic heterocycles. The number of unbranched alkanes of at least 4 members (excludes halogenated alkanes) is 25. The normalized spacial score (nSPS) is 14.3. The summed E-state index contributed by atoms with van der Waals surface area (Å²) >= 11 is 0. The van der Waals surface area contributed by atoms with E-state index in [9.17, 15) is 19.0 Å². The number of phosphoric ester groups is 1. The van der Waals surface area contributed by atoms with Crippen molar-refractivity contribution in [2.24, 2.45) is 0 Å². The molecule has 0 aliphatic carbocycles. The molecule has 0 fully saturated rings. The van der Waals surface area contributed by atoms with Gasteiger partial charge in [-0.25, -0.2) is 4.57 Å². The minimum absolute atomic E-state index is 0.0297. The second-order valence-electron chi connectivity index (χ2n) is 21.2. The molecule has 73 heavy (non-hydrogen) atoms. The number of allylic oxidation sites excluding steroid dienone is 13. The number of carbonyl (C=O) groups excluding carboxylic acids is 2. The van der Waals surface area contributed by atoms with Crippen LogP contribution < -0.4 is 5.32 Å². The summed E-state index contributed by atoms with van der Waals surface area (Å²) < 4.78 is 30.6. The van der Waals surface area contributed by atoms with Crippen molar-refractivity contribution in [3.8, 4) is 0 Å². The highest BCUT2D eigenvalue weighted by atomic mass is 31.2. The molecule has 1 amide bonds. The van der Waals surface area contributed by atoms with Gasteiger partial charge in [0.25, 0.3) is 0 Å². The van der Waals surface area contributed by atoms with Crippen molar-refractivity contribution >= 4 is 19.7 Å². The van der Waals surface area contributed by atoms with Crippen LogP contribution in [0.4, 0.5) is 0 Å². The van der Waals surface area contributed by atoms with Crippen LogP contribution in [0.15, 0.2) is 85.1 Å². The number of nitrogens with one attached hydrogen (secondary N) is 1. The molecule has 0 rings (SSSR count). The summed E-state index contributed by atoms with van der Waals surface area (Å²) in [6.45, 7) is 6.92. The summed E-state index contributed by atoms with van der Waals surface area (Å²) in [6, 6.07) is -0.869. The Bertz CT molecular complexity index is 1530. The maximum Gasteiger partial charge on any atom is 0.472 e. The Balaban J connectivity index is 5.35. The van der Waals surface area contributed by atoms with E-state index in [1.165, 1.54) is 116 Å². The SMILES string of the molecule is CCCCC/C=C\C/C=C\C/C=C\C/C=C\CCCCCC(=O)OC(/C=C/CCCCCCCCCCC)C(COP(=O)(O)OCC[N+](C)(C)C)NC(=O)CCCCCCCCC/C=C\C/C=C\CCCCC. The molecule has 9 nitrogen and oxygen atoms in total. The Kier molecular flexibility index (Phi) is 50.6. The van der Waals surface area contributed by atoms with E-state index in [0.29, 0.717) is 23.9 Å². The minimum atomic E-state index is -4.46. The second-order valence-corrected chi connectivity index (χ2v) is 22.6. The van der Waals surface area contributed by atoms with Gasteiger partial charge in [-0.1, -0.05) is 215 Å². The fourth-order valence-corrected chi connectivity index (χ4v) is 8.86. The Morgan fingerprint density at radius 3 is 1.29 bits per heavy atom. The molecule has 0 radical (unpaired) electrons. The smallest absolute Gasteiger partial charge is 0.456 e. The van der Waals surface area contributed by atoms with Crippen molar-refractivity contribution in [3.05, 3.63) is 85.1 Å². The van der Waals surface area contributed by atoms with Crippen molar-refractivity contribution in [2.45, 2.75) is 264 Å². The number of ether oxygens (including phenoxy) is 1. The van der Waals surface area contributed by atoms with Crippen molar-refractivity contribution in [1.29, 1.82) is 0 Å². The van der Waals surface area contributed by atoms with E-state index in [0.717, 1.165) is 96.3 Å². The molecule has 0 saturated heterocycles. The summed E-state index contributed by atoms with van der Waals surface area (Å²) in [6.07, 6.45) is 68.6. The first-order valence-electron chi connectivity index (χ1n) is 29.9. The summed E-state index contributed by atoms with van der Waals surface area (Å²) in [5.41, 5.74) is 0. The van der Waals surface area contributed by atoms with Gasteiger partial charge in [0.05, 0.1) is 33.8 Å². The number of hydrogen-bond acceptors (Lipinski definition) is 6. The van der Waals surface area contributed by atoms with Gasteiger partial charge in [0, 0.05) is 12.8 Å². The lowest BCUT2D eigenvalue weighted by atomic mass is 10.1. The number of quaternary nitrogens is 1. The molecule has 2 N–H and O–H groups in total. The van der Waals surface area contributed by atoms with Crippen LogP contribution >= 0.6 is 7.82 Å². The average Bonchev–Trinajstić information content (AvgIpc) is 3.35. The molecule has 0 aliphatic heterocycles. The Morgan fingerprint density at radius 1 is 0.479 bits per heavy atom. The first-order valence-corrected chi connectivity index (χ1v) is 31.4. The highest BCUT2D eigenvalue weighted by molar-refractivity contribution is 7.47. The number of esters is 1. The zero-order valence-corrected chi connectivity index (χ0v) is 49.0. The van der Waals surface area contributed by atoms with Crippen molar-refractivity contribution in [2.75, 3.05) is 40.9 Å². The average molecular weight is 1040 g/mol. The molecule has 3 atom stereocenters. The van der Waals surface area contributed by atoms with Gasteiger partial charge in [-0.05, 0) is 109 Å². The third-order valence-corrected chi connectivity index (χ3v) is 13.8. The lowest BCUT2D eigenvalue weighted by molar-refractivity contribution is -0.870. The van der Waals surface area contributed by atoms with Crippen molar-refractivity contribution < 1.29 is 37.3 Å². The lowest BCUT2D eigenvalue weighted by Gasteiger charge is -2.27. The number of phosphoric acid groups is 1. The van der Waals surface area contributed by atoms with Crippen LogP contribution in [0.2, 0.25) is 0 Å². The maximum absolute atomic E-state index is 13.5. The number of rotatable bonds is 53. The molecule has 422 valence electrons. The van der Waals surface area contributed by atoms with Gasteiger partial charge >= 0.3 is 13.8 Å². The van der Waals surface area contributed by atoms with Crippen LogP contribution in [-0.4, -0.2) is 74.3 Å². The maximum atomic E-state index is 13.5. The van der Waals surface area contributed by atoms with E-state index in [4.69, 9.17) is 13.8 Å². The lowest BCUT2D eigenvalue weighted by Crippen LogP contribution is -2.47. The summed E-state index contributed by atoms with van der Waals surface area (Å²) in [4.78, 5) is 37.6. The zero-order chi connectivity index (χ0) is 53.6. The van der Waals surface area contributed by atoms with Crippen molar-refractivity contribution in [3.63, 3.8) is 0 Å². The predicted molar refractivity (Wildman–Crippen MR) is 314 cm³/mol. The molecule has 0 saturated carbocycles. The molecule has 0 aromatic rings. The second kappa shape index (κ2) is 52.6. The van der Waals surface area contributed by atoms with E-state index in [-0.39, 0.29) is 31.5 Å².